The van der Waals surface area contributed by atoms with Crippen molar-refractivity contribution in [1.82, 2.24) is 9.36 Å². The van der Waals surface area contributed by atoms with E-state index in [1.807, 2.05) is 26.0 Å². The number of hydrogen-bond donors (Lipinski definition) is 0. The first-order valence-electron chi connectivity index (χ1n) is 9.58. The summed E-state index contributed by atoms with van der Waals surface area (Å²) in [6.07, 6.45) is 0.899. The largest absolute Gasteiger partial charge is 0.294 e. The molecule has 2 aliphatic rings. The Kier molecular flexibility index (Phi) is 3.77. The smallest absolute Gasteiger partial charge is 0.277 e. The summed E-state index contributed by atoms with van der Waals surface area (Å²) in [5.41, 5.74) is 0.892. The molecule has 1 atom stereocenters. The van der Waals surface area contributed by atoms with Crippen LogP contribution in [0.15, 0.2) is 63.7 Å². The second kappa shape index (κ2) is 6.04. The number of hydrogen-bond acceptors (Lipinski definition) is 3. The monoisotopic (exact) mass is 406 g/mol. The number of rotatable bonds is 1. The van der Waals surface area contributed by atoms with E-state index in [1.54, 1.807) is 36.4 Å². The standard InChI is InChI=1S/C23H19ClN2O3/c1-23(2)11-17-19(18(27)12-23)20(15-9-5-6-10-16(15)24)26-22(29)14-8-4-3-7-13(14)21(28)25(17)26/h3-10,20H,11-12H2,1-2H3/t20-/m1/s1. The minimum atomic E-state index is -0.702. The van der Waals surface area contributed by atoms with Crippen molar-refractivity contribution in [2.75, 3.05) is 0 Å². The molecule has 0 fully saturated rings. The van der Waals surface area contributed by atoms with Crippen LogP contribution in [0.1, 0.15) is 38.3 Å². The lowest BCUT2D eigenvalue weighted by Crippen LogP contribution is -2.37. The third-order valence-electron chi connectivity index (χ3n) is 5.87. The van der Waals surface area contributed by atoms with Crippen molar-refractivity contribution in [3.63, 3.8) is 0 Å². The van der Waals surface area contributed by atoms with Gasteiger partial charge in [-0.05, 0) is 35.6 Å². The summed E-state index contributed by atoms with van der Waals surface area (Å²) >= 11 is 6.48. The Bertz CT molecular complexity index is 1360. The number of nitrogens with zero attached hydrogens (tertiary/aromatic N) is 2. The molecule has 5 rings (SSSR count). The van der Waals surface area contributed by atoms with Crippen LogP contribution in [0.2, 0.25) is 5.02 Å². The van der Waals surface area contributed by atoms with Crippen LogP contribution in [-0.2, 0) is 4.79 Å². The second-order valence-electron chi connectivity index (χ2n) is 8.54. The Labute approximate surface area is 171 Å². The van der Waals surface area contributed by atoms with Crippen LogP contribution < -0.4 is 11.1 Å². The van der Waals surface area contributed by atoms with Gasteiger partial charge in [-0.15, -0.1) is 0 Å². The SMILES string of the molecule is CC1(C)CC(=O)C2=C(C1)n1c(=O)c3ccccc3c(=O)n1[C@@H]2c1ccccc1Cl. The molecule has 1 aliphatic carbocycles. The van der Waals surface area contributed by atoms with Gasteiger partial charge in [0.05, 0.1) is 16.5 Å². The third kappa shape index (κ3) is 2.50. The highest BCUT2D eigenvalue weighted by molar-refractivity contribution is 6.31. The summed E-state index contributed by atoms with van der Waals surface area (Å²) in [6.45, 7) is 4.01. The molecule has 0 bridgehead atoms. The highest BCUT2D eigenvalue weighted by Gasteiger charge is 2.45. The molecule has 1 aliphatic heterocycles. The lowest BCUT2D eigenvalue weighted by atomic mass is 9.74. The zero-order chi connectivity index (χ0) is 20.5. The quantitative estimate of drug-likeness (QED) is 0.613. The molecule has 0 radical (unpaired) electrons. The Morgan fingerprint density at radius 3 is 2.21 bits per heavy atom. The Morgan fingerprint density at radius 1 is 0.897 bits per heavy atom. The van der Waals surface area contributed by atoms with E-state index in [1.165, 1.54) is 9.36 Å². The molecule has 6 heteroatoms. The van der Waals surface area contributed by atoms with Gasteiger partial charge in [0.1, 0.15) is 6.04 Å². The normalized spacial score (nSPS) is 20.1. The highest BCUT2D eigenvalue weighted by atomic mass is 35.5. The van der Waals surface area contributed by atoms with E-state index in [0.717, 1.165) is 0 Å². The van der Waals surface area contributed by atoms with Gasteiger partial charge in [-0.1, -0.05) is 55.8 Å². The van der Waals surface area contributed by atoms with Crippen LogP contribution in [0, 0.1) is 5.41 Å². The molecule has 0 amide bonds. The third-order valence-corrected chi connectivity index (χ3v) is 6.22. The van der Waals surface area contributed by atoms with E-state index >= 15 is 0 Å². The van der Waals surface area contributed by atoms with Crippen LogP contribution in [0.25, 0.3) is 16.5 Å². The van der Waals surface area contributed by atoms with Crippen molar-refractivity contribution in [3.05, 3.63) is 85.4 Å². The first kappa shape index (κ1) is 18.1. The molecule has 2 heterocycles. The van der Waals surface area contributed by atoms with Crippen LogP contribution in [-0.4, -0.2) is 15.1 Å². The fourth-order valence-corrected chi connectivity index (χ4v) is 4.91. The summed E-state index contributed by atoms with van der Waals surface area (Å²) in [7, 11) is 0. The summed E-state index contributed by atoms with van der Waals surface area (Å²) in [5, 5.41) is 1.16. The van der Waals surface area contributed by atoms with E-state index in [2.05, 4.69) is 0 Å². The lowest BCUT2D eigenvalue weighted by Gasteiger charge is -2.30. The van der Waals surface area contributed by atoms with E-state index in [-0.39, 0.29) is 22.3 Å². The average Bonchev–Trinajstić information content (AvgIpc) is 3.01. The number of halogens is 1. The number of benzene rings is 2. The highest BCUT2D eigenvalue weighted by Crippen LogP contribution is 2.47. The number of Topliss-reactive ketones (excluding diaryl/α,β-unsaturated/α-hetero) is 1. The number of fused-ring (bicyclic) bond motifs is 3. The molecular formula is C23H19ClN2O3. The van der Waals surface area contributed by atoms with E-state index in [9.17, 15) is 14.4 Å². The predicted molar refractivity (Wildman–Crippen MR) is 113 cm³/mol. The van der Waals surface area contributed by atoms with Gasteiger partial charge in [-0.3, -0.25) is 14.4 Å². The predicted octanol–water partition coefficient (Wildman–Crippen LogP) is 4.02. The van der Waals surface area contributed by atoms with Gasteiger partial charge >= 0.3 is 0 Å². The van der Waals surface area contributed by atoms with Crippen molar-refractivity contribution in [2.24, 2.45) is 5.41 Å². The fourth-order valence-electron chi connectivity index (χ4n) is 4.68. The first-order chi connectivity index (χ1) is 13.8. The topological polar surface area (TPSA) is 61.1 Å². The summed E-state index contributed by atoms with van der Waals surface area (Å²) in [6, 6.07) is 13.3. The molecule has 0 saturated heterocycles. The maximum Gasteiger partial charge on any atom is 0.277 e. The van der Waals surface area contributed by atoms with Crippen molar-refractivity contribution >= 4 is 33.9 Å². The second-order valence-corrected chi connectivity index (χ2v) is 8.94. The number of allylic oxidation sites excluding steroid dienone is 2. The Balaban J connectivity index is 1.95. The van der Waals surface area contributed by atoms with Gasteiger partial charge in [-0.2, -0.15) is 0 Å². The summed E-state index contributed by atoms with van der Waals surface area (Å²) < 4.78 is 2.85. The van der Waals surface area contributed by atoms with Crippen molar-refractivity contribution < 1.29 is 4.79 Å². The van der Waals surface area contributed by atoms with Gasteiger partial charge < -0.3 is 0 Å². The zero-order valence-electron chi connectivity index (χ0n) is 16.1. The van der Waals surface area contributed by atoms with E-state index in [4.69, 9.17) is 11.6 Å². The van der Waals surface area contributed by atoms with Gasteiger partial charge in [-0.25, -0.2) is 9.36 Å². The molecule has 2 aromatic carbocycles. The average molecular weight is 407 g/mol. The molecule has 3 aromatic rings. The molecule has 0 spiro atoms. The fraction of sp³-hybridized carbons (Fsp3) is 0.261. The lowest BCUT2D eigenvalue weighted by molar-refractivity contribution is -0.118. The van der Waals surface area contributed by atoms with E-state index < -0.39 is 6.04 Å². The summed E-state index contributed by atoms with van der Waals surface area (Å²) in [4.78, 5) is 40.2. The van der Waals surface area contributed by atoms with Gasteiger partial charge in [0, 0.05) is 17.0 Å². The number of aromatic nitrogens is 2. The molecule has 29 heavy (non-hydrogen) atoms. The van der Waals surface area contributed by atoms with Crippen LogP contribution in [0.4, 0.5) is 0 Å². The maximum atomic E-state index is 13.5. The van der Waals surface area contributed by atoms with Crippen molar-refractivity contribution in [2.45, 2.75) is 32.7 Å². The van der Waals surface area contributed by atoms with Crippen LogP contribution >= 0.6 is 11.6 Å². The molecule has 5 nitrogen and oxygen atoms in total. The molecule has 0 saturated carbocycles. The number of ketones is 1. The van der Waals surface area contributed by atoms with Gasteiger partial charge in [0.15, 0.2) is 5.78 Å². The van der Waals surface area contributed by atoms with Crippen molar-refractivity contribution in [1.29, 1.82) is 0 Å². The van der Waals surface area contributed by atoms with Gasteiger partial charge in [0.25, 0.3) is 11.1 Å². The Morgan fingerprint density at radius 2 is 1.52 bits per heavy atom. The van der Waals surface area contributed by atoms with E-state index in [0.29, 0.717) is 45.5 Å². The van der Waals surface area contributed by atoms with Crippen molar-refractivity contribution in [3.8, 4) is 0 Å². The molecule has 146 valence electrons. The van der Waals surface area contributed by atoms with Gasteiger partial charge in [0.2, 0.25) is 0 Å². The minimum absolute atomic E-state index is 0.0415. The number of carbonyl (C=O) groups excluding carboxylic acids is 1. The molecular weight excluding hydrogens is 388 g/mol. The first-order valence-corrected chi connectivity index (χ1v) is 9.95. The zero-order valence-corrected chi connectivity index (χ0v) is 16.9. The maximum absolute atomic E-state index is 13.5. The van der Waals surface area contributed by atoms with Crippen LogP contribution in [0.5, 0.6) is 0 Å². The minimum Gasteiger partial charge on any atom is -0.294 e. The Hall–Kier alpha value is -2.92. The molecule has 1 aromatic heterocycles. The van der Waals surface area contributed by atoms with Crippen LogP contribution in [0.3, 0.4) is 0 Å². The molecule has 0 N–H and O–H groups in total. The molecule has 0 unspecified atom stereocenters. The summed E-state index contributed by atoms with van der Waals surface area (Å²) in [5.74, 6) is -0.0415. The number of carbonyl (C=O) groups is 1.